The number of fused-ring (bicyclic) bond motifs is 1. The maximum absolute atomic E-state index is 13.2. The molecule has 0 radical (unpaired) electrons. The van der Waals surface area contributed by atoms with Gasteiger partial charge in [0.2, 0.25) is 0 Å². The number of carbonyl (C=O) groups excluding carboxylic acids is 1. The lowest BCUT2D eigenvalue weighted by Gasteiger charge is -2.63. The van der Waals surface area contributed by atoms with Crippen LogP contribution in [-0.2, 0) is 19.0 Å². The van der Waals surface area contributed by atoms with Crippen molar-refractivity contribution in [2.45, 2.75) is 70.7 Å². The average molecular weight is 378 g/mol. The van der Waals surface area contributed by atoms with Gasteiger partial charge in [-0.15, -0.1) is 0 Å². The van der Waals surface area contributed by atoms with Gasteiger partial charge in [0.15, 0.2) is 12.6 Å². The Morgan fingerprint density at radius 1 is 1.22 bits per heavy atom. The number of carbonyl (C=O) groups is 1. The average Bonchev–Trinajstić information content (AvgIpc) is 3.04. The van der Waals surface area contributed by atoms with Gasteiger partial charge in [0, 0.05) is 13.0 Å². The minimum Gasteiger partial charge on any atom is -0.461 e. The van der Waals surface area contributed by atoms with Crippen molar-refractivity contribution in [3.8, 4) is 0 Å². The van der Waals surface area contributed by atoms with Crippen LogP contribution in [0.4, 0.5) is 0 Å². The van der Waals surface area contributed by atoms with Gasteiger partial charge in [0.1, 0.15) is 11.5 Å². The third-order valence-corrected chi connectivity index (χ3v) is 8.79. The smallest absolute Gasteiger partial charge is 0.315 e. The maximum atomic E-state index is 13.2. The molecule has 2 N–H and O–H groups in total. The van der Waals surface area contributed by atoms with Crippen LogP contribution in [-0.4, -0.2) is 48.1 Å². The van der Waals surface area contributed by atoms with Crippen LogP contribution in [0.3, 0.4) is 0 Å². The number of ether oxygens (including phenoxy) is 3. The molecule has 5 rings (SSSR count). The highest BCUT2D eigenvalue weighted by atomic mass is 16.7. The van der Waals surface area contributed by atoms with Gasteiger partial charge in [-0.2, -0.15) is 0 Å². The molecule has 5 fully saturated rings. The van der Waals surface area contributed by atoms with Crippen molar-refractivity contribution >= 4 is 5.97 Å². The molecule has 0 aromatic heterocycles. The van der Waals surface area contributed by atoms with E-state index in [0.29, 0.717) is 12.8 Å². The van der Waals surface area contributed by atoms with Gasteiger partial charge in [-0.3, -0.25) is 4.79 Å². The number of aliphatic hydroxyl groups is 2. The first-order valence-corrected chi connectivity index (χ1v) is 10.2. The molecule has 2 bridgehead atoms. The molecular formula is C21H30O6. The monoisotopic (exact) mass is 378 g/mol. The summed E-state index contributed by atoms with van der Waals surface area (Å²) < 4.78 is 17.6. The summed E-state index contributed by atoms with van der Waals surface area (Å²) in [4.78, 5) is 13.2. The highest BCUT2D eigenvalue weighted by Crippen LogP contribution is 2.73. The van der Waals surface area contributed by atoms with Crippen LogP contribution in [0, 0.1) is 34.0 Å². The van der Waals surface area contributed by atoms with Crippen LogP contribution < -0.4 is 0 Å². The second kappa shape index (κ2) is 5.35. The van der Waals surface area contributed by atoms with Crippen molar-refractivity contribution < 1.29 is 29.2 Å². The van der Waals surface area contributed by atoms with E-state index < -0.39 is 35.6 Å². The van der Waals surface area contributed by atoms with Gasteiger partial charge in [-0.25, -0.2) is 0 Å². The second-order valence-electron chi connectivity index (χ2n) is 10.0. The maximum Gasteiger partial charge on any atom is 0.315 e. The molecule has 9 unspecified atom stereocenters. The molecule has 6 heteroatoms. The first-order valence-electron chi connectivity index (χ1n) is 10.2. The van der Waals surface area contributed by atoms with Crippen molar-refractivity contribution in [2.24, 2.45) is 34.0 Å². The van der Waals surface area contributed by atoms with Gasteiger partial charge in [0.05, 0.1) is 11.5 Å². The third kappa shape index (κ3) is 1.84. The van der Waals surface area contributed by atoms with E-state index in [4.69, 9.17) is 14.2 Å². The van der Waals surface area contributed by atoms with Crippen LogP contribution in [0.15, 0.2) is 12.2 Å². The van der Waals surface area contributed by atoms with E-state index in [9.17, 15) is 15.0 Å². The minimum absolute atomic E-state index is 0.114. The highest BCUT2D eigenvalue weighted by molar-refractivity contribution is 5.82. The Morgan fingerprint density at radius 2 is 1.96 bits per heavy atom. The highest BCUT2D eigenvalue weighted by Gasteiger charge is 2.79. The van der Waals surface area contributed by atoms with Crippen molar-refractivity contribution in [2.75, 3.05) is 7.11 Å². The Labute approximate surface area is 159 Å². The lowest BCUT2D eigenvalue weighted by atomic mass is 9.43. The van der Waals surface area contributed by atoms with Crippen LogP contribution >= 0.6 is 0 Å². The molecule has 27 heavy (non-hydrogen) atoms. The van der Waals surface area contributed by atoms with E-state index in [-0.39, 0.29) is 29.1 Å². The number of hydrogen-bond donors (Lipinski definition) is 2. The van der Waals surface area contributed by atoms with Crippen LogP contribution in [0.2, 0.25) is 0 Å². The first-order chi connectivity index (χ1) is 12.7. The standard InChI is InChI=1S/C21H30O6/c1-10-11-5-6-12-20(9-11,15(10)22)17(23)26-13-7-8-19(2,3)14-16(25-4)27-18(24)21(12,13)14/h11-16,18,22,24H,1,5-9H2,2-4H3. The summed E-state index contributed by atoms with van der Waals surface area (Å²) in [7, 11) is 1.60. The molecule has 0 aromatic carbocycles. The molecule has 150 valence electrons. The van der Waals surface area contributed by atoms with E-state index in [1.807, 2.05) is 0 Å². The van der Waals surface area contributed by atoms with Gasteiger partial charge >= 0.3 is 5.97 Å². The summed E-state index contributed by atoms with van der Waals surface area (Å²) in [6.07, 6.45) is 0.795. The summed E-state index contributed by atoms with van der Waals surface area (Å²) in [5.74, 6) is -0.493. The van der Waals surface area contributed by atoms with Crippen molar-refractivity contribution in [3.05, 3.63) is 12.2 Å². The zero-order chi connectivity index (χ0) is 19.4. The molecule has 2 heterocycles. The van der Waals surface area contributed by atoms with E-state index in [2.05, 4.69) is 20.4 Å². The molecule has 0 aromatic rings. The van der Waals surface area contributed by atoms with Crippen LogP contribution in [0.5, 0.6) is 0 Å². The summed E-state index contributed by atoms with van der Waals surface area (Å²) in [6.45, 7) is 8.45. The number of methoxy groups -OCH3 is 1. The molecule has 9 atom stereocenters. The van der Waals surface area contributed by atoms with Gasteiger partial charge < -0.3 is 24.4 Å². The predicted octanol–water partition coefficient (Wildman–Crippen LogP) is 1.99. The molecule has 5 aliphatic rings. The molecule has 2 aliphatic heterocycles. The van der Waals surface area contributed by atoms with E-state index >= 15 is 0 Å². The summed E-state index contributed by atoms with van der Waals surface area (Å²) >= 11 is 0. The zero-order valence-corrected chi connectivity index (χ0v) is 16.3. The van der Waals surface area contributed by atoms with Gasteiger partial charge in [0.25, 0.3) is 0 Å². The third-order valence-electron chi connectivity index (χ3n) is 8.79. The largest absolute Gasteiger partial charge is 0.461 e. The lowest BCUT2D eigenvalue weighted by Crippen LogP contribution is -2.70. The molecule has 3 saturated carbocycles. The zero-order valence-electron chi connectivity index (χ0n) is 16.3. The fourth-order valence-corrected chi connectivity index (χ4v) is 7.71. The SMILES string of the molecule is C=C1C2CCC3C(C2)(C(=O)OC2CCC(C)(C)C4C(OC)OC(O)C243)C1O. The number of rotatable bonds is 1. The van der Waals surface area contributed by atoms with E-state index in [1.165, 1.54) is 0 Å². The van der Waals surface area contributed by atoms with E-state index in [1.54, 1.807) is 7.11 Å². The van der Waals surface area contributed by atoms with Crippen molar-refractivity contribution in [1.29, 1.82) is 0 Å². The first kappa shape index (κ1) is 18.1. The van der Waals surface area contributed by atoms with Gasteiger partial charge in [-0.05, 0) is 54.9 Å². The fraction of sp³-hybridized carbons (Fsp3) is 0.857. The topological polar surface area (TPSA) is 85.2 Å². The Kier molecular flexibility index (Phi) is 3.59. The second-order valence-corrected chi connectivity index (χ2v) is 10.0. The molecule has 2 spiro atoms. The Hall–Kier alpha value is -0.950. The van der Waals surface area contributed by atoms with E-state index in [0.717, 1.165) is 24.8 Å². The molecule has 6 nitrogen and oxygen atoms in total. The van der Waals surface area contributed by atoms with Crippen LogP contribution in [0.1, 0.15) is 46.0 Å². The Morgan fingerprint density at radius 3 is 2.67 bits per heavy atom. The molecular weight excluding hydrogens is 348 g/mol. The number of aliphatic hydroxyl groups excluding tert-OH is 2. The summed E-state index contributed by atoms with van der Waals surface area (Å²) in [5.41, 5.74) is -1.17. The quantitative estimate of drug-likeness (QED) is 0.536. The summed E-state index contributed by atoms with van der Waals surface area (Å²) in [6, 6.07) is 0. The van der Waals surface area contributed by atoms with Gasteiger partial charge in [-0.1, -0.05) is 20.4 Å². The molecule has 3 aliphatic carbocycles. The van der Waals surface area contributed by atoms with Crippen molar-refractivity contribution in [1.82, 2.24) is 0 Å². The van der Waals surface area contributed by atoms with Crippen molar-refractivity contribution in [3.63, 3.8) is 0 Å². The minimum atomic E-state index is -1.08. The predicted molar refractivity (Wildman–Crippen MR) is 95.1 cm³/mol. The number of esters is 1. The molecule has 0 amide bonds. The Balaban J connectivity index is 1.73. The summed E-state index contributed by atoms with van der Waals surface area (Å²) in [5, 5.41) is 22.4. The molecule has 2 saturated heterocycles. The normalized spacial score (nSPS) is 55.5. The van der Waals surface area contributed by atoms with Crippen LogP contribution in [0.25, 0.3) is 0 Å². The Bertz CT molecular complexity index is 703. The number of hydrogen-bond acceptors (Lipinski definition) is 6. The lowest BCUT2D eigenvalue weighted by molar-refractivity contribution is -0.279. The fourth-order valence-electron chi connectivity index (χ4n) is 7.71.